The molecule has 7 heteroatoms. The van der Waals surface area contributed by atoms with E-state index in [0.717, 1.165) is 16.9 Å². The van der Waals surface area contributed by atoms with Crippen molar-refractivity contribution in [2.24, 2.45) is 5.92 Å². The molecule has 0 saturated heterocycles. The lowest BCUT2D eigenvalue weighted by molar-refractivity contribution is 0.0659. The molecular formula is C26H27N5O2. The molecule has 2 aromatic heterocycles. The molecule has 3 atom stereocenters. The molecule has 1 fully saturated rings. The average Bonchev–Trinajstić information content (AvgIpc) is 3.21. The summed E-state index contributed by atoms with van der Waals surface area (Å²) in [6.45, 7) is 7.64. The van der Waals surface area contributed by atoms with E-state index < -0.39 is 11.5 Å². The fraction of sp³-hybridized carbons (Fsp3) is 0.308. The number of aromatic nitrogens is 3. The molecule has 1 aromatic carbocycles. The van der Waals surface area contributed by atoms with Crippen LogP contribution in [0.25, 0.3) is 5.69 Å². The number of carbonyl (C=O) groups excluding carboxylic acids is 1. The zero-order valence-corrected chi connectivity index (χ0v) is 18.8. The molecule has 2 heterocycles. The highest BCUT2D eigenvalue weighted by Crippen LogP contribution is 2.41. The van der Waals surface area contributed by atoms with Gasteiger partial charge in [0.05, 0.1) is 52.9 Å². The van der Waals surface area contributed by atoms with Crippen LogP contribution in [0.15, 0.2) is 61.4 Å². The van der Waals surface area contributed by atoms with E-state index in [1.54, 1.807) is 35.3 Å². The quantitative estimate of drug-likeness (QED) is 0.576. The number of aryl methyl sites for hydroxylation is 1. The summed E-state index contributed by atoms with van der Waals surface area (Å²) in [5.74, 6) is -0.286. The molecule has 1 aliphatic carbocycles. The number of rotatable bonds is 5. The van der Waals surface area contributed by atoms with E-state index >= 15 is 0 Å². The van der Waals surface area contributed by atoms with Crippen LogP contribution in [0, 0.1) is 31.1 Å². The SMILES string of the molecule is C=CC1CCC(C#N)(c2ccc(NC(=O)c3cnn(-c4ccc(C)cc4)c3C)cn2)CC1O. The fourth-order valence-corrected chi connectivity index (χ4v) is 4.41. The van der Waals surface area contributed by atoms with Crippen LogP contribution in [-0.4, -0.2) is 31.9 Å². The summed E-state index contributed by atoms with van der Waals surface area (Å²) in [7, 11) is 0. The highest BCUT2D eigenvalue weighted by atomic mass is 16.3. The Morgan fingerprint density at radius 3 is 2.64 bits per heavy atom. The lowest BCUT2D eigenvalue weighted by Gasteiger charge is -2.37. The summed E-state index contributed by atoms with van der Waals surface area (Å²) < 4.78 is 1.73. The van der Waals surface area contributed by atoms with E-state index in [0.29, 0.717) is 36.2 Å². The second-order valence-electron chi connectivity index (χ2n) is 8.68. The Balaban J connectivity index is 1.50. The largest absolute Gasteiger partial charge is 0.392 e. The number of amides is 1. The summed E-state index contributed by atoms with van der Waals surface area (Å²) in [5, 5.41) is 27.5. The number of pyridine rings is 1. The number of nitrogens with one attached hydrogen (secondary N) is 1. The summed E-state index contributed by atoms with van der Waals surface area (Å²) in [5.41, 5.74) is 3.54. The monoisotopic (exact) mass is 441 g/mol. The second kappa shape index (κ2) is 9.00. The standard InChI is InChI=1S/C26H27N5O2/c1-4-19-11-12-26(16-27,13-23(19)32)24-10-7-20(14-28-24)30-25(33)22-15-29-31(18(22)3)21-8-5-17(2)6-9-21/h4-10,14-15,19,23,32H,1,11-13H2,2-3H3,(H,30,33). The Bertz CT molecular complexity index is 1210. The third kappa shape index (κ3) is 4.30. The molecule has 2 N–H and O–H groups in total. The summed E-state index contributed by atoms with van der Waals surface area (Å²) >= 11 is 0. The molecule has 168 valence electrons. The number of nitrogens with zero attached hydrogens (tertiary/aromatic N) is 4. The van der Waals surface area contributed by atoms with Gasteiger partial charge in [-0.25, -0.2) is 4.68 Å². The molecule has 3 unspecified atom stereocenters. The summed E-state index contributed by atoms with van der Waals surface area (Å²) in [6, 6.07) is 13.8. The molecule has 1 amide bonds. The number of aliphatic hydroxyl groups is 1. The van der Waals surface area contributed by atoms with Crippen molar-refractivity contribution < 1.29 is 9.90 Å². The lowest BCUT2D eigenvalue weighted by atomic mass is 9.68. The van der Waals surface area contributed by atoms with Crippen molar-refractivity contribution >= 4 is 11.6 Å². The molecule has 1 aliphatic rings. The van der Waals surface area contributed by atoms with Gasteiger partial charge in [0.1, 0.15) is 5.41 Å². The van der Waals surface area contributed by atoms with Gasteiger partial charge >= 0.3 is 0 Å². The van der Waals surface area contributed by atoms with Crippen LogP contribution >= 0.6 is 0 Å². The molecule has 0 radical (unpaired) electrons. The van der Waals surface area contributed by atoms with Crippen molar-refractivity contribution in [1.82, 2.24) is 14.8 Å². The molecule has 0 aliphatic heterocycles. The molecule has 3 aromatic rings. The van der Waals surface area contributed by atoms with E-state index in [1.165, 1.54) is 0 Å². The third-order valence-electron chi connectivity index (χ3n) is 6.52. The van der Waals surface area contributed by atoms with E-state index in [-0.39, 0.29) is 11.8 Å². The zero-order chi connectivity index (χ0) is 23.6. The van der Waals surface area contributed by atoms with Gasteiger partial charge in [-0.05, 0) is 57.4 Å². The summed E-state index contributed by atoms with van der Waals surface area (Å²) in [4.78, 5) is 17.3. The van der Waals surface area contributed by atoms with Crippen molar-refractivity contribution in [3.05, 3.63) is 84.0 Å². The Hall–Kier alpha value is -3.76. The molecule has 33 heavy (non-hydrogen) atoms. The number of anilines is 1. The minimum atomic E-state index is -0.840. The van der Waals surface area contributed by atoms with Crippen LogP contribution in [-0.2, 0) is 5.41 Å². The maximum atomic E-state index is 12.9. The Kier molecular flexibility index (Phi) is 6.12. The van der Waals surface area contributed by atoms with Crippen molar-refractivity contribution in [2.75, 3.05) is 5.32 Å². The Morgan fingerprint density at radius 2 is 2.03 bits per heavy atom. The van der Waals surface area contributed by atoms with Crippen LogP contribution in [0.1, 0.15) is 46.6 Å². The van der Waals surface area contributed by atoms with Gasteiger partial charge in [-0.2, -0.15) is 10.4 Å². The van der Waals surface area contributed by atoms with Gasteiger partial charge in [0.25, 0.3) is 5.91 Å². The average molecular weight is 442 g/mol. The van der Waals surface area contributed by atoms with E-state index in [1.807, 2.05) is 38.1 Å². The van der Waals surface area contributed by atoms with Gasteiger partial charge in [-0.3, -0.25) is 9.78 Å². The second-order valence-corrected chi connectivity index (χ2v) is 8.68. The van der Waals surface area contributed by atoms with Gasteiger partial charge in [0, 0.05) is 5.92 Å². The van der Waals surface area contributed by atoms with Crippen LogP contribution in [0.2, 0.25) is 0 Å². The van der Waals surface area contributed by atoms with Gasteiger partial charge in [-0.15, -0.1) is 6.58 Å². The predicted molar refractivity (Wildman–Crippen MR) is 126 cm³/mol. The molecule has 7 nitrogen and oxygen atoms in total. The lowest BCUT2D eigenvalue weighted by Crippen LogP contribution is -2.39. The zero-order valence-electron chi connectivity index (χ0n) is 18.8. The van der Waals surface area contributed by atoms with E-state index in [9.17, 15) is 15.2 Å². The molecular weight excluding hydrogens is 414 g/mol. The van der Waals surface area contributed by atoms with Crippen LogP contribution in [0.4, 0.5) is 5.69 Å². The Morgan fingerprint density at radius 1 is 1.27 bits per heavy atom. The number of hydrogen-bond donors (Lipinski definition) is 2. The van der Waals surface area contributed by atoms with Crippen molar-refractivity contribution in [3.8, 4) is 11.8 Å². The predicted octanol–water partition coefficient (Wildman–Crippen LogP) is 4.24. The van der Waals surface area contributed by atoms with Gasteiger partial charge in [0.2, 0.25) is 0 Å². The van der Waals surface area contributed by atoms with E-state index in [4.69, 9.17) is 0 Å². The number of carbonyl (C=O) groups is 1. The number of benzene rings is 1. The number of aliphatic hydroxyl groups excluding tert-OH is 1. The van der Waals surface area contributed by atoms with Gasteiger partial charge in [0.15, 0.2) is 0 Å². The van der Waals surface area contributed by atoms with E-state index in [2.05, 4.69) is 28.0 Å². The van der Waals surface area contributed by atoms with Crippen molar-refractivity contribution in [1.29, 1.82) is 5.26 Å². The maximum absolute atomic E-state index is 12.9. The minimum Gasteiger partial charge on any atom is -0.392 e. The highest BCUT2D eigenvalue weighted by Gasteiger charge is 2.42. The first-order valence-electron chi connectivity index (χ1n) is 11.0. The van der Waals surface area contributed by atoms with Crippen molar-refractivity contribution in [2.45, 2.75) is 44.6 Å². The highest BCUT2D eigenvalue weighted by molar-refractivity contribution is 6.04. The van der Waals surface area contributed by atoms with Crippen molar-refractivity contribution in [3.63, 3.8) is 0 Å². The topological polar surface area (TPSA) is 104 Å². The van der Waals surface area contributed by atoms with Crippen LogP contribution in [0.3, 0.4) is 0 Å². The Labute approximate surface area is 193 Å². The molecule has 0 spiro atoms. The maximum Gasteiger partial charge on any atom is 0.259 e. The fourth-order valence-electron chi connectivity index (χ4n) is 4.41. The minimum absolute atomic E-state index is 0.00546. The molecule has 0 bridgehead atoms. The first-order chi connectivity index (χ1) is 15.9. The smallest absolute Gasteiger partial charge is 0.259 e. The summed E-state index contributed by atoms with van der Waals surface area (Å²) in [6.07, 6.45) is 5.84. The first-order valence-corrected chi connectivity index (χ1v) is 11.0. The molecule has 4 rings (SSSR count). The van der Waals surface area contributed by atoms with Gasteiger partial charge < -0.3 is 10.4 Å². The molecule has 1 saturated carbocycles. The first kappa shape index (κ1) is 22.4. The normalized spacial score (nSPS) is 22.4. The number of hydrogen-bond acceptors (Lipinski definition) is 5. The van der Waals surface area contributed by atoms with Crippen LogP contribution < -0.4 is 5.32 Å². The van der Waals surface area contributed by atoms with Gasteiger partial charge in [-0.1, -0.05) is 23.8 Å². The van der Waals surface area contributed by atoms with Crippen LogP contribution in [0.5, 0.6) is 0 Å². The number of nitriles is 1. The third-order valence-corrected chi connectivity index (χ3v) is 6.52.